The predicted molar refractivity (Wildman–Crippen MR) is 105 cm³/mol. The molecule has 150 valence electrons. The van der Waals surface area contributed by atoms with E-state index in [9.17, 15) is 9.59 Å². The predicted octanol–water partition coefficient (Wildman–Crippen LogP) is 2.38. The van der Waals surface area contributed by atoms with Gasteiger partial charge in [0.2, 0.25) is 6.23 Å². The largest absolute Gasteiger partial charge is 0.436 e. The molecule has 1 N–H and O–H groups in total. The van der Waals surface area contributed by atoms with Crippen molar-refractivity contribution < 1.29 is 23.8 Å². The van der Waals surface area contributed by atoms with E-state index in [4.69, 9.17) is 14.2 Å². The molecule has 0 radical (unpaired) electrons. The zero-order valence-corrected chi connectivity index (χ0v) is 16.6. The fourth-order valence-corrected chi connectivity index (χ4v) is 4.02. The Labute approximate surface area is 172 Å². The summed E-state index contributed by atoms with van der Waals surface area (Å²) in [4.78, 5) is 29.4. The average molecular weight is 412 g/mol. The number of rotatable bonds is 4. The Morgan fingerprint density at radius 2 is 1.97 bits per heavy atom. The van der Waals surface area contributed by atoms with E-state index in [2.05, 4.69) is 10.3 Å². The van der Waals surface area contributed by atoms with Gasteiger partial charge >= 0.3 is 11.9 Å². The third-order valence-corrected chi connectivity index (χ3v) is 5.72. The summed E-state index contributed by atoms with van der Waals surface area (Å²) in [5.74, 6) is -2.68. The van der Waals surface area contributed by atoms with Crippen LogP contribution in [0, 0.1) is 6.92 Å². The van der Waals surface area contributed by atoms with E-state index in [1.807, 2.05) is 43.3 Å². The Bertz CT molecular complexity index is 946. The number of hydrogen-bond donors (Lipinski definition) is 1. The molecule has 8 heteroatoms. The van der Waals surface area contributed by atoms with Gasteiger partial charge in [-0.25, -0.2) is 14.6 Å². The van der Waals surface area contributed by atoms with E-state index >= 15 is 0 Å². The Kier molecular flexibility index (Phi) is 5.66. The molecule has 0 bridgehead atoms. The average Bonchev–Trinajstić information content (AvgIpc) is 2.70. The number of aromatic nitrogens is 1. The number of carbonyl (C=O) groups is 2. The summed E-state index contributed by atoms with van der Waals surface area (Å²) in [7, 11) is 0. The van der Waals surface area contributed by atoms with Gasteiger partial charge in [0.25, 0.3) is 5.79 Å². The maximum atomic E-state index is 12.1. The number of nitrogens with one attached hydrogen (secondary N) is 1. The molecule has 3 heterocycles. The molecule has 1 unspecified atom stereocenters. The molecule has 4 rings (SSSR count). The number of hydrogen-bond acceptors (Lipinski definition) is 8. The van der Waals surface area contributed by atoms with Gasteiger partial charge in [0.05, 0.1) is 6.61 Å². The van der Waals surface area contributed by atoms with Crippen molar-refractivity contribution in [1.29, 1.82) is 0 Å². The van der Waals surface area contributed by atoms with Crippen LogP contribution in [0.1, 0.15) is 11.1 Å². The van der Waals surface area contributed by atoms with Gasteiger partial charge in [0.1, 0.15) is 5.03 Å². The van der Waals surface area contributed by atoms with Crippen LogP contribution >= 0.6 is 11.8 Å². The van der Waals surface area contributed by atoms with E-state index in [-0.39, 0.29) is 6.42 Å². The van der Waals surface area contributed by atoms with E-state index < -0.39 is 24.0 Å². The Morgan fingerprint density at radius 1 is 1.17 bits per heavy atom. The molecular formula is C21H20N2O5S. The van der Waals surface area contributed by atoms with Crippen LogP contribution in [-0.2, 0) is 30.2 Å². The zero-order valence-electron chi connectivity index (χ0n) is 15.8. The van der Waals surface area contributed by atoms with E-state index in [0.717, 1.165) is 33.2 Å². The van der Waals surface area contributed by atoms with Crippen LogP contribution in [0.5, 0.6) is 0 Å². The first kappa shape index (κ1) is 19.6. The van der Waals surface area contributed by atoms with Crippen molar-refractivity contribution in [3.05, 3.63) is 65.9 Å². The van der Waals surface area contributed by atoms with Gasteiger partial charge in [0, 0.05) is 36.2 Å². The molecule has 7 nitrogen and oxygen atoms in total. The summed E-state index contributed by atoms with van der Waals surface area (Å²) in [6.45, 7) is 2.84. The summed E-state index contributed by atoms with van der Waals surface area (Å²) in [5, 5.41) is 4.01. The first-order valence-electron chi connectivity index (χ1n) is 9.21. The van der Waals surface area contributed by atoms with Gasteiger partial charge in [0.15, 0.2) is 0 Å². The highest BCUT2D eigenvalue weighted by molar-refractivity contribution is 7.99. The van der Waals surface area contributed by atoms with Crippen LogP contribution in [0.15, 0.2) is 64.7 Å². The Morgan fingerprint density at radius 3 is 2.76 bits per heavy atom. The van der Waals surface area contributed by atoms with Crippen molar-refractivity contribution in [2.24, 2.45) is 0 Å². The van der Waals surface area contributed by atoms with Crippen LogP contribution in [0.25, 0.3) is 0 Å². The molecular weight excluding hydrogens is 392 g/mol. The highest BCUT2D eigenvalue weighted by atomic mass is 32.2. The van der Waals surface area contributed by atoms with Gasteiger partial charge in [-0.2, -0.15) is 0 Å². The minimum Gasteiger partial charge on any atom is -0.436 e. The second-order valence-corrected chi connectivity index (χ2v) is 7.80. The molecule has 0 aliphatic carbocycles. The summed E-state index contributed by atoms with van der Waals surface area (Å²) in [6, 6.07) is 11.8. The molecule has 2 atom stereocenters. The molecule has 1 aromatic carbocycles. The molecule has 1 fully saturated rings. The Balaban J connectivity index is 1.54. The minimum absolute atomic E-state index is 0.241. The lowest BCUT2D eigenvalue weighted by Crippen LogP contribution is -2.63. The second-order valence-electron chi connectivity index (χ2n) is 6.73. The van der Waals surface area contributed by atoms with Crippen molar-refractivity contribution >= 4 is 23.7 Å². The molecule has 0 amide bonds. The molecule has 29 heavy (non-hydrogen) atoms. The smallest absolute Gasteiger partial charge is 0.333 e. The van der Waals surface area contributed by atoms with Gasteiger partial charge in [-0.3, -0.25) is 5.32 Å². The van der Waals surface area contributed by atoms with Crippen molar-refractivity contribution in [2.45, 2.75) is 35.3 Å². The van der Waals surface area contributed by atoms with Crippen molar-refractivity contribution in [3.63, 3.8) is 0 Å². The molecule has 2 aliphatic rings. The van der Waals surface area contributed by atoms with Crippen LogP contribution in [0.3, 0.4) is 0 Å². The molecule has 1 saturated heterocycles. The lowest BCUT2D eigenvalue weighted by molar-refractivity contribution is -0.292. The number of carbonyl (C=O) groups excluding carboxylic acids is 2. The van der Waals surface area contributed by atoms with Crippen LogP contribution < -0.4 is 5.32 Å². The molecule has 0 spiro atoms. The number of esters is 2. The normalized spacial score (nSPS) is 25.2. The monoisotopic (exact) mass is 412 g/mol. The number of aryl methyl sites for hydroxylation is 1. The van der Waals surface area contributed by atoms with Gasteiger partial charge in [-0.1, -0.05) is 30.0 Å². The standard InChI is InChI=1S/C21H20N2O5S/c1-14-3-2-10-22-19(14)29-16-6-4-15(5-7-16)13-21-20(23-11-12-26-21)27-17(24)8-9-18(25)28-21/h2-10,20,23H,11-13H2,1H3/b9-8+/t20?,21-/m0/s1. The highest BCUT2D eigenvalue weighted by Crippen LogP contribution is 2.32. The lowest BCUT2D eigenvalue weighted by atomic mass is 10.0. The van der Waals surface area contributed by atoms with E-state index in [1.165, 1.54) is 0 Å². The number of pyridine rings is 1. The van der Waals surface area contributed by atoms with Gasteiger partial charge in [-0.15, -0.1) is 0 Å². The van der Waals surface area contributed by atoms with Crippen molar-refractivity contribution in [2.75, 3.05) is 13.2 Å². The van der Waals surface area contributed by atoms with Crippen LogP contribution in [0.4, 0.5) is 0 Å². The number of ether oxygens (including phenoxy) is 3. The van der Waals surface area contributed by atoms with Crippen molar-refractivity contribution in [3.8, 4) is 0 Å². The SMILES string of the molecule is Cc1cccnc1Sc1ccc(C[C@@]23OCCNC2OC(=O)/C=C/C(=O)O3)cc1. The third kappa shape index (κ3) is 4.50. The summed E-state index contributed by atoms with van der Waals surface area (Å²) in [5.41, 5.74) is 2.00. The highest BCUT2D eigenvalue weighted by Gasteiger charge is 2.49. The first-order valence-corrected chi connectivity index (χ1v) is 10.0. The number of nitrogens with zero attached hydrogens (tertiary/aromatic N) is 1. The minimum atomic E-state index is -1.41. The quantitative estimate of drug-likeness (QED) is 0.766. The van der Waals surface area contributed by atoms with E-state index in [0.29, 0.717) is 13.2 Å². The second kappa shape index (κ2) is 8.36. The van der Waals surface area contributed by atoms with E-state index in [1.54, 1.807) is 18.0 Å². The molecule has 2 aliphatic heterocycles. The van der Waals surface area contributed by atoms with Gasteiger partial charge in [-0.05, 0) is 36.2 Å². The Hall–Kier alpha value is -2.68. The first-order chi connectivity index (χ1) is 14.0. The summed E-state index contributed by atoms with van der Waals surface area (Å²) >= 11 is 1.58. The van der Waals surface area contributed by atoms with Crippen molar-refractivity contribution in [1.82, 2.24) is 10.3 Å². The number of morpholine rings is 1. The van der Waals surface area contributed by atoms with Crippen LogP contribution in [-0.4, -0.2) is 42.1 Å². The molecule has 1 aromatic heterocycles. The number of fused-ring (bicyclic) bond motifs is 1. The molecule has 2 aromatic rings. The maximum absolute atomic E-state index is 12.1. The zero-order chi connectivity index (χ0) is 20.3. The lowest BCUT2D eigenvalue weighted by Gasteiger charge is -2.42. The fourth-order valence-electron chi connectivity index (χ4n) is 3.18. The maximum Gasteiger partial charge on any atom is 0.333 e. The summed E-state index contributed by atoms with van der Waals surface area (Å²) in [6.07, 6.45) is 3.23. The van der Waals surface area contributed by atoms with Crippen LogP contribution in [0.2, 0.25) is 0 Å². The summed E-state index contributed by atoms with van der Waals surface area (Å²) < 4.78 is 16.8. The van der Waals surface area contributed by atoms with Gasteiger partial charge < -0.3 is 14.2 Å². The number of benzene rings is 1. The third-order valence-electron chi connectivity index (χ3n) is 4.59. The molecule has 0 saturated carbocycles. The topological polar surface area (TPSA) is 86.8 Å². The fraction of sp³-hybridized carbons (Fsp3) is 0.286.